The van der Waals surface area contributed by atoms with Gasteiger partial charge in [0.05, 0.1) is 11.5 Å². The largest absolute Gasteiger partial charge is 0.477 e. The van der Waals surface area contributed by atoms with E-state index in [1.807, 2.05) is 24.3 Å². The third-order valence-electron chi connectivity index (χ3n) is 4.02. The number of pyridine rings is 1. The Kier molecular flexibility index (Phi) is 8.25. The molecule has 2 rings (SSSR count). The average molecular weight is 405 g/mol. The van der Waals surface area contributed by atoms with Gasteiger partial charge in [0, 0.05) is 38.2 Å². The number of rotatable bonds is 9. The molecule has 152 valence electrons. The maximum Gasteiger partial charge on any atom is 0.218 e. The van der Waals surface area contributed by atoms with Gasteiger partial charge in [0.1, 0.15) is 0 Å². The molecular weight excluding hydrogens is 376 g/mol. The predicted octanol–water partition coefficient (Wildman–Crippen LogP) is 2.18. The van der Waals surface area contributed by atoms with Crippen LogP contribution in [-0.2, 0) is 22.8 Å². The van der Waals surface area contributed by atoms with Crippen LogP contribution in [0, 0.1) is 0 Å². The van der Waals surface area contributed by atoms with Gasteiger partial charge in [0.15, 0.2) is 15.8 Å². The second-order valence-electron chi connectivity index (χ2n) is 6.33. The highest BCUT2D eigenvalue weighted by Gasteiger charge is 2.07. The first-order valence-electron chi connectivity index (χ1n) is 9.24. The van der Waals surface area contributed by atoms with Crippen LogP contribution in [0.1, 0.15) is 24.5 Å². The monoisotopic (exact) mass is 404 g/mol. The maximum absolute atomic E-state index is 11.5. The predicted molar refractivity (Wildman–Crippen MR) is 111 cm³/mol. The van der Waals surface area contributed by atoms with Crippen molar-refractivity contribution in [3.63, 3.8) is 0 Å². The summed E-state index contributed by atoms with van der Waals surface area (Å²) in [6.07, 6.45) is 4.61. The van der Waals surface area contributed by atoms with Crippen molar-refractivity contribution in [2.24, 2.45) is 4.99 Å². The van der Waals surface area contributed by atoms with Gasteiger partial charge in [-0.2, -0.15) is 0 Å². The van der Waals surface area contributed by atoms with Crippen molar-refractivity contribution in [2.75, 3.05) is 26.5 Å². The Bertz CT molecular complexity index is 881. The minimum absolute atomic E-state index is 0.333. The van der Waals surface area contributed by atoms with Crippen LogP contribution >= 0.6 is 0 Å². The third-order valence-corrected chi connectivity index (χ3v) is 5.15. The van der Waals surface area contributed by atoms with E-state index in [9.17, 15) is 8.42 Å². The van der Waals surface area contributed by atoms with Crippen LogP contribution in [-0.4, -0.2) is 45.8 Å². The van der Waals surface area contributed by atoms with Gasteiger partial charge >= 0.3 is 0 Å². The van der Waals surface area contributed by atoms with Gasteiger partial charge in [0.2, 0.25) is 5.88 Å². The molecule has 0 aliphatic heterocycles. The van der Waals surface area contributed by atoms with E-state index >= 15 is 0 Å². The van der Waals surface area contributed by atoms with E-state index in [-0.39, 0.29) is 0 Å². The normalized spacial score (nSPS) is 11.9. The number of guanidine groups is 1. The summed E-state index contributed by atoms with van der Waals surface area (Å²) in [6.45, 7) is 3.91. The van der Waals surface area contributed by atoms with E-state index in [1.54, 1.807) is 25.4 Å². The third kappa shape index (κ3) is 6.84. The zero-order valence-electron chi connectivity index (χ0n) is 16.6. The number of sulfone groups is 1. The minimum atomic E-state index is -3.16. The Labute approximate surface area is 167 Å². The first kappa shape index (κ1) is 21.7. The molecule has 0 radical (unpaired) electrons. The summed E-state index contributed by atoms with van der Waals surface area (Å²) in [5, 5.41) is 6.51. The molecule has 0 fully saturated rings. The van der Waals surface area contributed by atoms with E-state index in [0.717, 1.165) is 24.0 Å². The number of aliphatic imine (C=N–C) groups is 1. The molecule has 0 spiro atoms. The van der Waals surface area contributed by atoms with E-state index in [1.165, 1.54) is 6.26 Å². The molecular formula is C20H28N4O3S. The fourth-order valence-corrected chi connectivity index (χ4v) is 3.15. The van der Waals surface area contributed by atoms with Crippen molar-refractivity contribution < 1.29 is 13.2 Å². The summed E-state index contributed by atoms with van der Waals surface area (Å²) in [5.74, 6) is 1.32. The number of nitrogens with one attached hydrogen (secondary N) is 2. The van der Waals surface area contributed by atoms with Crippen LogP contribution < -0.4 is 15.4 Å². The maximum atomic E-state index is 11.5. The Morgan fingerprint density at radius 1 is 1.18 bits per heavy atom. The Hall–Kier alpha value is -2.61. The van der Waals surface area contributed by atoms with Gasteiger partial charge in [-0.15, -0.1) is 0 Å². The summed E-state index contributed by atoms with van der Waals surface area (Å²) in [6, 6.07) is 10.8. The topological polar surface area (TPSA) is 92.7 Å². The lowest BCUT2D eigenvalue weighted by atomic mass is 10.1. The number of ether oxygens (including phenoxy) is 1. The lowest BCUT2D eigenvalue weighted by molar-refractivity contribution is 0.301. The molecule has 7 nitrogen and oxygen atoms in total. The highest BCUT2D eigenvalue weighted by Crippen LogP contribution is 2.14. The lowest BCUT2D eigenvalue weighted by Crippen LogP contribution is -2.38. The van der Waals surface area contributed by atoms with E-state index in [4.69, 9.17) is 4.74 Å². The SMILES string of the molecule is CCCOc1ncccc1CNC(=NC)NCCc1ccc(S(C)(=O)=O)cc1. The second-order valence-corrected chi connectivity index (χ2v) is 8.35. The molecule has 0 atom stereocenters. The Balaban J connectivity index is 1.84. The molecule has 1 aromatic heterocycles. The first-order chi connectivity index (χ1) is 13.4. The lowest BCUT2D eigenvalue weighted by Gasteiger charge is -2.14. The molecule has 28 heavy (non-hydrogen) atoms. The molecule has 0 saturated carbocycles. The summed E-state index contributed by atoms with van der Waals surface area (Å²) in [5.41, 5.74) is 2.02. The van der Waals surface area contributed by atoms with E-state index in [0.29, 0.717) is 36.4 Å². The molecule has 2 aromatic rings. The molecule has 1 aromatic carbocycles. The van der Waals surface area contributed by atoms with Gasteiger partial charge in [-0.3, -0.25) is 4.99 Å². The molecule has 0 amide bonds. The molecule has 8 heteroatoms. The minimum Gasteiger partial charge on any atom is -0.477 e. The number of hydrogen-bond donors (Lipinski definition) is 2. The number of aromatic nitrogens is 1. The van der Waals surface area contributed by atoms with Gasteiger partial charge in [-0.05, 0) is 36.6 Å². The van der Waals surface area contributed by atoms with Crippen LogP contribution in [0.15, 0.2) is 52.5 Å². The first-order valence-corrected chi connectivity index (χ1v) is 11.1. The quantitative estimate of drug-likeness (QED) is 0.492. The van der Waals surface area contributed by atoms with Crippen LogP contribution in [0.25, 0.3) is 0 Å². The van der Waals surface area contributed by atoms with Crippen molar-refractivity contribution in [3.8, 4) is 5.88 Å². The summed E-state index contributed by atoms with van der Waals surface area (Å²) >= 11 is 0. The van der Waals surface area contributed by atoms with Gasteiger partial charge in [-0.1, -0.05) is 25.1 Å². The summed E-state index contributed by atoms with van der Waals surface area (Å²) in [7, 11) is -1.44. The van der Waals surface area contributed by atoms with Crippen LogP contribution in [0.3, 0.4) is 0 Å². The molecule has 0 unspecified atom stereocenters. The smallest absolute Gasteiger partial charge is 0.218 e. The number of benzene rings is 1. The van der Waals surface area contributed by atoms with Crippen molar-refractivity contribution in [2.45, 2.75) is 31.2 Å². The second kappa shape index (κ2) is 10.7. The standard InChI is InChI=1S/C20H28N4O3S/c1-4-14-27-19-17(6-5-12-22-19)15-24-20(21-2)23-13-11-16-7-9-18(10-8-16)28(3,25)26/h5-10,12H,4,11,13-15H2,1-3H3,(H2,21,23,24). The fraction of sp³-hybridized carbons (Fsp3) is 0.400. The summed E-state index contributed by atoms with van der Waals surface area (Å²) in [4.78, 5) is 8.84. The number of hydrogen-bond acceptors (Lipinski definition) is 5. The zero-order valence-corrected chi connectivity index (χ0v) is 17.4. The summed E-state index contributed by atoms with van der Waals surface area (Å²) < 4.78 is 28.7. The fourth-order valence-electron chi connectivity index (χ4n) is 2.52. The molecule has 0 aliphatic rings. The molecule has 1 heterocycles. The van der Waals surface area contributed by atoms with Gasteiger partial charge in [0.25, 0.3) is 0 Å². The molecule has 2 N–H and O–H groups in total. The highest BCUT2D eigenvalue weighted by molar-refractivity contribution is 7.90. The van der Waals surface area contributed by atoms with Gasteiger partial charge in [-0.25, -0.2) is 13.4 Å². The van der Waals surface area contributed by atoms with E-state index in [2.05, 4.69) is 27.5 Å². The highest BCUT2D eigenvalue weighted by atomic mass is 32.2. The average Bonchev–Trinajstić information content (AvgIpc) is 2.69. The van der Waals surface area contributed by atoms with Crippen LogP contribution in [0.2, 0.25) is 0 Å². The molecule has 0 bridgehead atoms. The van der Waals surface area contributed by atoms with Crippen LogP contribution in [0.5, 0.6) is 5.88 Å². The van der Waals surface area contributed by atoms with E-state index < -0.39 is 9.84 Å². The zero-order chi connectivity index (χ0) is 20.4. The van der Waals surface area contributed by atoms with Crippen molar-refractivity contribution >= 4 is 15.8 Å². The number of nitrogens with zero attached hydrogens (tertiary/aromatic N) is 2. The Morgan fingerprint density at radius 3 is 2.57 bits per heavy atom. The van der Waals surface area contributed by atoms with Crippen LogP contribution in [0.4, 0.5) is 0 Å². The van der Waals surface area contributed by atoms with Crippen molar-refractivity contribution in [3.05, 3.63) is 53.7 Å². The van der Waals surface area contributed by atoms with Crippen molar-refractivity contribution in [1.82, 2.24) is 15.6 Å². The molecule has 0 aliphatic carbocycles. The van der Waals surface area contributed by atoms with Crippen molar-refractivity contribution in [1.29, 1.82) is 0 Å². The molecule has 0 saturated heterocycles. The van der Waals surface area contributed by atoms with Gasteiger partial charge < -0.3 is 15.4 Å². The Morgan fingerprint density at radius 2 is 1.93 bits per heavy atom.